The molecule has 0 aliphatic carbocycles. The standard InChI is InChI=1S/C17H31N.C2H4O2/c1-3-5-7-8-9-10-11-14-18-15-13-17(16-18)12-6-4-2;1-2(3)4/h13,15-16H,3-12,14H2,1-2H3;1H3,(H,3,4). The van der Waals surface area contributed by atoms with E-state index in [1.165, 1.54) is 70.8 Å². The number of nitrogens with one attached hydrogen (secondary N) is 1. The number of hydrogen-bond donors (Lipinski definition) is 1. The van der Waals surface area contributed by atoms with Gasteiger partial charge in [-0.3, -0.25) is 4.90 Å². The molecule has 1 atom stereocenters. The molecule has 0 amide bonds. The van der Waals surface area contributed by atoms with Crippen LogP contribution in [0.3, 0.4) is 0 Å². The molecule has 0 aromatic rings. The molecule has 1 heterocycles. The summed E-state index contributed by atoms with van der Waals surface area (Å²) in [5, 5.41) is 8.89. The molecule has 0 saturated carbocycles. The van der Waals surface area contributed by atoms with Crippen molar-refractivity contribution >= 4 is 5.97 Å². The second-order valence-corrected chi connectivity index (χ2v) is 6.09. The van der Waals surface area contributed by atoms with Gasteiger partial charge in [0.2, 0.25) is 0 Å². The lowest BCUT2D eigenvalue weighted by atomic mass is 10.1. The Morgan fingerprint density at radius 2 is 1.55 bits per heavy atom. The van der Waals surface area contributed by atoms with E-state index in [0.717, 1.165) is 6.92 Å². The predicted octanol–water partition coefficient (Wildman–Crippen LogP) is 2.98. The number of unbranched alkanes of at least 4 members (excludes halogenated alkanes) is 7. The maximum absolute atomic E-state index is 8.89. The SMILES string of the molecule is CC(=O)[O-].CCCCCCCCC[NH+]1C=CC(CCCC)=C1. The topological polar surface area (TPSA) is 44.6 Å². The van der Waals surface area contributed by atoms with Crippen molar-refractivity contribution in [3.8, 4) is 0 Å². The summed E-state index contributed by atoms with van der Waals surface area (Å²) in [4.78, 5) is 10.5. The Bertz CT molecular complexity index is 330. The number of allylic oxidation sites excluding steroid dienone is 2. The Morgan fingerprint density at radius 1 is 1.00 bits per heavy atom. The van der Waals surface area contributed by atoms with Gasteiger partial charge in [-0.2, -0.15) is 0 Å². The lowest BCUT2D eigenvalue weighted by Crippen LogP contribution is -3.01. The second kappa shape index (κ2) is 14.8. The van der Waals surface area contributed by atoms with E-state index >= 15 is 0 Å². The summed E-state index contributed by atoms with van der Waals surface area (Å²) in [6.07, 6.45) is 20.9. The fourth-order valence-electron chi connectivity index (χ4n) is 2.53. The van der Waals surface area contributed by atoms with Crippen LogP contribution in [0, 0.1) is 0 Å². The van der Waals surface area contributed by atoms with Gasteiger partial charge >= 0.3 is 0 Å². The highest BCUT2D eigenvalue weighted by Crippen LogP contribution is 2.09. The van der Waals surface area contributed by atoms with Gasteiger partial charge in [-0.05, 0) is 32.6 Å². The summed E-state index contributed by atoms with van der Waals surface area (Å²) in [6.45, 7) is 6.81. The molecule has 0 bridgehead atoms. The number of carboxylic acid groups (broad SMARTS) is 1. The summed E-state index contributed by atoms with van der Waals surface area (Å²) in [5.41, 5.74) is 1.55. The van der Waals surface area contributed by atoms with Crippen LogP contribution >= 0.6 is 0 Å². The third-order valence-corrected chi connectivity index (χ3v) is 3.77. The lowest BCUT2D eigenvalue weighted by molar-refractivity contribution is -0.788. The number of quaternary nitrogens is 1. The third-order valence-electron chi connectivity index (χ3n) is 3.77. The molecule has 1 rings (SSSR count). The number of hydrogen-bond acceptors (Lipinski definition) is 2. The highest BCUT2D eigenvalue weighted by atomic mass is 16.4. The molecule has 128 valence electrons. The van der Waals surface area contributed by atoms with E-state index in [4.69, 9.17) is 9.90 Å². The molecule has 0 aromatic carbocycles. The largest absolute Gasteiger partial charge is 0.550 e. The monoisotopic (exact) mass is 309 g/mol. The maximum atomic E-state index is 8.89. The zero-order chi connectivity index (χ0) is 16.6. The van der Waals surface area contributed by atoms with Crippen molar-refractivity contribution in [2.75, 3.05) is 6.54 Å². The highest BCUT2D eigenvalue weighted by molar-refractivity contribution is 5.60. The first-order valence-corrected chi connectivity index (χ1v) is 9.02. The van der Waals surface area contributed by atoms with E-state index in [-0.39, 0.29) is 0 Å². The molecule has 0 spiro atoms. The van der Waals surface area contributed by atoms with Crippen LogP contribution in [-0.2, 0) is 4.79 Å². The summed E-state index contributed by atoms with van der Waals surface area (Å²) in [7, 11) is 0. The molecule has 1 aliphatic rings. The first-order valence-electron chi connectivity index (χ1n) is 9.02. The molecular weight excluding hydrogens is 274 g/mol. The van der Waals surface area contributed by atoms with Crippen LogP contribution in [0.2, 0.25) is 0 Å². The first kappa shape index (κ1) is 20.9. The van der Waals surface area contributed by atoms with Gasteiger partial charge in [-0.25, -0.2) is 0 Å². The summed E-state index contributed by atoms with van der Waals surface area (Å²) in [6, 6.07) is 0. The van der Waals surface area contributed by atoms with Crippen molar-refractivity contribution in [3.63, 3.8) is 0 Å². The number of rotatable bonds is 11. The minimum Gasteiger partial charge on any atom is -0.550 e. The Morgan fingerprint density at radius 3 is 2.14 bits per heavy atom. The number of aliphatic carboxylic acids is 1. The molecule has 0 aromatic heterocycles. The van der Waals surface area contributed by atoms with Gasteiger partial charge in [0.25, 0.3) is 0 Å². The van der Waals surface area contributed by atoms with E-state index in [1.54, 1.807) is 10.5 Å². The number of carbonyl (C=O) groups excluding carboxylic acids is 1. The third kappa shape index (κ3) is 13.9. The molecule has 1 N–H and O–H groups in total. The average Bonchev–Trinajstić information content (AvgIpc) is 2.91. The zero-order valence-electron chi connectivity index (χ0n) is 14.8. The van der Waals surface area contributed by atoms with Gasteiger partial charge in [-0.1, -0.05) is 52.4 Å². The molecule has 1 aliphatic heterocycles. The van der Waals surface area contributed by atoms with Crippen molar-refractivity contribution in [1.29, 1.82) is 0 Å². The van der Waals surface area contributed by atoms with Crippen molar-refractivity contribution in [3.05, 3.63) is 24.0 Å². The van der Waals surface area contributed by atoms with Gasteiger partial charge in [0.1, 0.15) is 6.20 Å². The Kier molecular flexibility index (Phi) is 14.1. The van der Waals surface area contributed by atoms with Crippen LogP contribution in [0.1, 0.15) is 85.0 Å². The van der Waals surface area contributed by atoms with E-state index in [1.807, 2.05) is 0 Å². The van der Waals surface area contributed by atoms with Gasteiger partial charge in [0.15, 0.2) is 0 Å². The number of carboxylic acids is 1. The fraction of sp³-hybridized carbons (Fsp3) is 0.737. The molecule has 3 nitrogen and oxygen atoms in total. The van der Waals surface area contributed by atoms with Crippen molar-refractivity contribution in [1.82, 2.24) is 0 Å². The summed E-state index contributed by atoms with van der Waals surface area (Å²) in [5.74, 6) is -1.08. The summed E-state index contributed by atoms with van der Waals surface area (Å²) < 4.78 is 0. The Labute approximate surface area is 137 Å². The lowest BCUT2D eigenvalue weighted by Gasteiger charge is -2.06. The second-order valence-electron chi connectivity index (χ2n) is 6.09. The molecule has 0 radical (unpaired) electrons. The van der Waals surface area contributed by atoms with Crippen molar-refractivity contribution in [2.45, 2.75) is 85.0 Å². The molecule has 1 unspecified atom stereocenters. The van der Waals surface area contributed by atoms with E-state index in [9.17, 15) is 0 Å². The molecule has 3 heteroatoms. The van der Waals surface area contributed by atoms with Gasteiger partial charge in [0, 0.05) is 17.6 Å². The quantitative estimate of drug-likeness (QED) is 0.596. The Hall–Kier alpha value is -1.09. The van der Waals surface area contributed by atoms with Crippen LogP contribution in [0.15, 0.2) is 24.0 Å². The van der Waals surface area contributed by atoms with E-state index < -0.39 is 5.97 Å². The van der Waals surface area contributed by atoms with Crippen molar-refractivity contribution in [2.24, 2.45) is 0 Å². The van der Waals surface area contributed by atoms with Gasteiger partial charge < -0.3 is 9.90 Å². The zero-order valence-corrected chi connectivity index (χ0v) is 14.8. The minimum atomic E-state index is -1.08. The van der Waals surface area contributed by atoms with E-state index in [2.05, 4.69) is 32.3 Å². The van der Waals surface area contributed by atoms with Crippen LogP contribution in [0.5, 0.6) is 0 Å². The molecule has 22 heavy (non-hydrogen) atoms. The predicted molar refractivity (Wildman–Crippen MR) is 91.3 cm³/mol. The number of carbonyl (C=O) groups is 1. The normalized spacial score (nSPS) is 16.1. The van der Waals surface area contributed by atoms with Gasteiger partial charge in [0.05, 0.1) is 12.7 Å². The average molecular weight is 309 g/mol. The van der Waals surface area contributed by atoms with Crippen LogP contribution < -0.4 is 10.0 Å². The van der Waals surface area contributed by atoms with Crippen LogP contribution in [0.25, 0.3) is 0 Å². The molecular formula is C19H35NO2. The van der Waals surface area contributed by atoms with Crippen LogP contribution in [-0.4, -0.2) is 12.5 Å². The fourth-order valence-corrected chi connectivity index (χ4v) is 2.53. The maximum Gasteiger partial charge on any atom is 0.102 e. The van der Waals surface area contributed by atoms with Gasteiger partial charge in [-0.15, -0.1) is 0 Å². The minimum absolute atomic E-state index is 0.972. The molecule has 0 saturated heterocycles. The van der Waals surface area contributed by atoms with Crippen LogP contribution in [0.4, 0.5) is 0 Å². The van der Waals surface area contributed by atoms with Crippen molar-refractivity contribution < 1.29 is 14.8 Å². The first-order chi connectivity index (χ1) is 10.6. The summed E-state index contributed by atoms with van der Waals surface area (Å²) >= 11 is 0. The highest BCUT2D eigenvalue weighted by Gasteiger charge is 2.09. The van der Waals surface area contributed by atoms with E-state index in [0.29, 0.717) is 0 Å². The smallest absolute Gasteiger partial charge is 0.102 e. The Balaban J connectivity index is 0.000000980. The molecule has 0 fully saturated rings.